The molecular formula is C31H38ClN3O4S. The van der Waals surface area contributed by atoms with Gasteiger partial charge in [0.1, 0.15) is 6.04 Å². The van der Waals surface area contributed by atoms with Gasteiger partial charge in [0.25, 0.3) is 0 Å². The summed E-state index contributed by atoms with van der Waals surface area (Å²) in [5.74, 6) is -0.484. The summed E-state index contributed by atoms with van der Waals surface area (Å²) in [6, 6.07) is 24.8. The molecule has 0 aromatic heterocycles. The van der Waals surface area contributed by atoms with Crippen molar-refractivity contribution in [3.05, 3.63) is 101 Å². The zero-order chi connectivity index (χ0) is 29.1. The first kappa shape index (κ1) is 31.2. The molecule has 0 saturated carbocycles. The Bertz CT molecular complexity index is 1350. The van der Waals surface area contributed by atoms with Crippen LogP contribution in [0.5, 0.6) is 0 Å². The van der Waals surface area contributed by atoms with E-state index in [1.165, 1.54) is 4.31 Å². The first-order valence-corrected chi connectivity index (χ1v) is 15.7. The maximum atomic E-state index is 13.9. The van der Waals surface area contributed by atoms with Gasteiger partial charge in [0, 0.05) is 37.0 Å². The van der Waals surface area contributed by atoms with Crippen molar-refractivity contribution in [2.75, 3.05) is 17.1 Å². The summed E-state index contributed by atoms with van der Waals surface area (Å²) in [6.07, 6.45) is 2.58. The van der Waals surface area contributed by atoms with Gasteiger partial charge in [-0.05, 0) is 49.1 Å². The number of sulfonamides is 1. The third-order valence-corrected chi connectivity index (χ3v) is 8.33. The van der Waals surface area contributed by atoms with E-state index in [9.17, 15) is 18.0 Å². The number of amides is 2. The molecule has 7 nitrogen and oxygen atoms in total. The Morgan fingerprint density at radius 1 is 0.925 bits per heavy atom. The lowest BCUT2D eigenvalue weighted by Gasteiger charge is -2.33. The van der Waals surface area contributed by atoms with Crippen LogP contribution in [0.3, 0.4) is 0 Å². The van der Waals surface area contributed by atoms with Crippen LogP contribution in [0, 0.1) is 0 Å². The molecule has 0 aliphatic heterocycles. The molecule has 2 amide bonds. The summed E-state index contributed by atoms with van der Waals surface area (Å²) in [7, 11) is -3.55. The molecule has 2 atom stereocenters. The summed E-state index contributed by atoms with van der Waals surface area (Å²) < 4.78 is 26.3. The maximum absolute atomic E-state index is 13.9. The molecule has 0 fully saturated rings. The smallest absolute Gasteiger partial charge is 0.243 e. The molecule has 0 heterocycles. The van der Waals surface area contributed by atoms with Gasteiger partial charge in [-0.15, -0.1) is 0 Å². The minimum atomic E-state index is -3.55. The fourth-order valence-electron chi connectivity index (χ4n) is 4.40. The zero-order valence-corrected chi connectivity index (χ0v) is 24.9. The highest BCUT2D eigenvalue weighted by Crippen LogP contribution is 2.22. The molecule has 3 aromatic carbocycles. The van der Waals surface area contributed by atoms with Crippen molar-refractivity contribution in [3.8, 4) is 0 Å². The number of anilines is 1. The number of nitrogens with one attached hydrogen (secondary N) is 1. The molecule has 3 aromatic rings. The predicted octanol–water partition coefficient (Wildman–Crippen LogP) is 5.44. The number of hydrogen-bond acceptors (Lipinski definition) is 4. The van der Waals surface area contributed by atoms with Crippen molar-refractivity contribution in [2.45, 2.75) is 58.2 Å². The highest BCUT2D eigenvalue weighted by Gasteiger charge is 2.31. The molecule has 214 valence electrons. The van der Waals surface area contributed by atoms with E-state index in [2.05, 4.69) is 5.32 Å². The Morgan fingerprint density at radius 3 is 2.12 bits per heavy atom. The summed E-state index contributed by atoms with van der Waals surface area (Å²) >= 11 is 6.48. The van der Waals surface area contributed by atoms with Crippen LogP contribution in [0.4, 0.5) is 5.69 Å². The molecule has 0 radical (unpaired) electrons. The van der Waals surface area contributed by atoms with Crippen molar-refractivity contribution >= 4 is 39.1 Å². The van der Waals surface area contributed by atoms with Gasteiger partial charge in [-0.2, -0.15) is 0 Å². The number of rotatable bonds is 14. The lowest BCUT2D eigenvalue weighted by atomic mass is 10.0. The van der Waals surface area contributed by atoms with Crippen LogP contribution in [0.15, 0.2) is 84.9 Å². The summed E-state index contributed by atoms with van der Waals surface area (Å²) in [4.78, 5) is 29.0. The van der Waals surface area contributed by atoms with Gasteiger partial charge in [0.2, 0.25) is 21.8 Å². The number of carbonyl (C=O) groups is 2. The summed E-state index contributed by atoms with van der Waals surface area (Å²) in [6.45, 7) is 4.21. The predicted molar refractivity (Wildman–Crippen MR) is 162 cm³/mol. The van der Waals surface area contributed by atoms with E-state index in [4.69, 9.17) is 11.6 Å². The lowest BCUT2D eigenvalue weighted by molar-refractivity contribution is -0.141. The Labute approximate surface area is 243 Å². The van der Waals surface area contributed by atoms with Crippen molar-refractivity contribution in [1.29, 1.82) is 0 Å². The molecule has 0 saturated heterocycles. The van der Waals surface area contributed by atoms with E-state index in [1.54, 1.807) is 35.2 Å². The third-order valence-electron chi connectivity index (χ3n) is 6.77. The molecule has 0 spiro atoms. The molecule has 1 N–H and O–H groups in total. The number of para-hydroxylation sites is 1. The molecule has 0 unspecified atom stereocenters. The number of benzene rings is 3. The van der Waals surface area contributed by atoms with Crippen molar-refractivity contribution < 1.29 is 18.0 Å². The van der Waals surface area contributed by atoms with Gasteiger partial charge in [0.15, 0.2) is 0 Å². The van der Waals surface area contributed by atoms with Crippen molar-refractivity contribution in [2.24, 2.45) is 0 Å². The fourth-order valence-corrected chi connectivity index (χ4v) is 5.56. The monoisotopic (exact) mass is 583 g/mol. The SMILES string of the molecule is CC[C@@H](C)NC(=O)[C@@H](Cc1ccccc1)N(Cc1ccccc1Cl)C(=O)CCCN(c1ccccc1)S(C)(=O)=O. The quantitative estimate of drug-likeness (QED) is 0.274. The van der Waals surface area contributed by atoms with Crippen LogP contribution in [0.1, 0.15) is 44.2 Å². The number of nitrogens with zero attached hydrogens (tertiary/aromatic N) is 2. The normalized spacial score (nSPS) is 12.8. The van der Waals surface area contributed by atoms with E-state index in [0.717, 1.165) is 23.8 Å². The topological polar surface area (TPSA) is 86.8 Å². The average molecular weight is 584 g/mol. The molecule has 0 aliphatic rings. The van der Waals surface area contributed by atoms with Crippen LogP contribution < -0.4 is 9.62 Å². The van der Waals surface area contributed by atoms with E-state index in [1.807, 2.05) is 68.4 Å². The fraction of sp³-hybridized carbons (Fsp3) is 0.355. The molecular weight excluding hydrogens is 546 g/mol. The third kappa shape index (κ3) is 9.10. The zero-order valence-electron chi connectivity index (χ0n) is 23.3. The number of hydrogen-bond donors (Lipinski definition) is 1. The van der Waals surface area contributed by atoms with Crippen LogP contribution in [-0.4, -0.2) is 50.0 Å². The van der Waals surface area contributed by atoms with Crippen LogP contribution >= 0.6 is 11.6 Å². The molecule has 40 heavy (non-hydrogen) atoms. The Morgan fingerprint density at radius 2 is 1.52 bits per heavy atom. The highest BCUT2D eigenvalue weighted by molar-refractivity contribution is 7.92. The standard InChI is InChI=1S/C31H38ClN3O4S/c1-4-24(2)33-31(37)29(22-25-14-7-5-8-15-25)34(23-26-16-11-12-19-28(26)32)30(36)20-13-21-35(40(3,38)39)27-17-9-6-10-18-27/h5-12,14-19,24,29H,4,13,20-23H2,1-3H3,(H,33,37)/t24-,29-/m1/s1. The van der Waals surface area contributed by atoms with Crippen molar-refractivity contribution in [1.82, 2.24) is 10.2 Å². The Kier molecular flexibility index (Phi) is 11.6. The van der Waals surface area contributed by atoms with Gasteiger partial charge >= 0.3 is 0 Å². The highest BCUT2D eigenvalue weighted by atomic mass is 35.5. The minimum Gasteiger partial charge on any atom is -0.352 e. The van der Waals surface area contributed by atoms with E-state index in [-0.39, 0.29) is 43.8 Å². The van der Waals surface area contributed by atoms with Crippen molar-refractivity contribution in [3.63, 3.8) is 0 Å². The van der Waals surface area contributed by atoms with Gasteiger partial charge < -0.3 is 10.2 Å². The first-order chi connectivity index (χ1) is 19.1. The Hall–Kier alpha value is -3.36. The molecule has 0 aliphatic carbocycles. The Balaban J connectivity index is 1.89. The second kappa shape index (κ2) is 14.9. The maximum Gasteiger partial charge on any atom is 0.243 e. The largest absolute Gasteiger partial charge is 0.352 e. The van der Waals surface area contributed by atoms with Gasteiger partial charge in [0.05, 0.1) is 11.9 Å². The van der Waals surface area contributed by atoms with E-state index < -0.39 is 16.1 Å². The van der Waals surface area contributed by atoms with Gasteiger partial charge in [-0.3, -0.25) is 13.9 Å². The van der Waals surface area contributed by atoms with Gasteiger partial charge in [-0.1, -0.05) is 85.3 Å². The average Bonchev–Trinajstić information content (AvgIpc) is 2.94. The van der Waals surface area contributed by atoms with Crippen LogP contribution in [-0.2, 0) is 32.6 Å². The second-order valence-electron chi connectivity index (χ2n) is 9.91. The molecule has 9 heteroatoms. The molecule has 3 rings (SSSR count). The van der Waals surface area contributed by atoms with E-state index in [0.29, 0.717) is 17.1 Å². The minimum absolute atomic E-state index is 0.0581. The van der Waals surface area contributed by atoms with Crippen LogP contribution in [0.25, 0.3) is 0 Å². The number of halogens is 1. The summed E-state index contributed by atoms with van der Waals surface area (Å²) in [5.41, 5.74) is 2.20. The summed E-state index contributed by atoms with van der Waals surface area (Å²) in [5, 5.41) is 3.56. The molecule has 0 bridgehead atoms. The second-order valence-corrected chi connectivity index (χ2v) is 12.2. The first-order valence-electron chi connectivity index (χ1n) is 13.5. The van der Waals surface area contributed by atoms with Crippen LogP contribution in [0.2, 0.25) is 5.02 Å². The van der Waals surface area contributed by atoms with Gasteiger partial charge in [-0.25, -0.2) is 8.42 Å². The number of carbonyl (C=O) groups excluding carboxylic acids is 2. The lowest BCUT2D eigenvalue weighted by Crippen LogP contribution is -2.52. The van der Waals surface area contributed by atoms with E-state index >= 15 is 0 Å².